The second-order valence-electron chi connectivity index (χ2n) is 3.31. The molecule has 85 valence electrons. The van der Waals surface area contributed by atoms with Gasteiger partial charge in [0.05, 0.1) is 0 Å². The molecule has 0 bridgehead atoms. The molecule has 0 saturated carbocycles. The van der Waals surface area contributed by atoms with Crippen LogP contribution >= 0.6 is 0 Å². The summed E-state index contributed by atoms with van der Waals surface area (Å²) >= 11 is 0. The number of hydrogen-bond donors (Lipinski definition) is 1. The summed E-state index contributed by atoms with van der Waals surface area (Å²) in [6.45, 7) is 11.3. The number of unbranched alkanes of at least 4 members (excludes halogenated alkanes) is 1. The van der Waals surface area contributed by atoms with Crippen molar-refractivity contribution in [1.82, 2.24) is 0 Å². The molecule has 1 unspecified atom stereocenters. The van der Waals surface area contributed by atoms with Gasteiger partial charge in [0.15, 0.2) is 0 Å². The van der Waals surface area contributed by atoms with Crippen LogP contribution in [0.3, 0.4) is 0 Å². The fraction of sp³-hybridized carbons (Fsp3) is 0.583. The summed E-state index contributed by atoms with van der Waals surface area (Å²) < 4.78 is 0. The minimum Gasteiger partial charge on any atom is -0.477 e. The van der Waals surface area contributed by atoms with Crippen LogP contribution in [0.4, 0.5) is 0 Å². The highest BCUT2D eigenvalue weighted by atomic mass is 16.4. The number of aliphatic carboxylic acids is 1. The zero-order valence-electron chi connectivity index (χ0n) is 9.62. The average molecular weight is 210 g/mol. The molecule has 1 atom stereocenters. The minimum absolute atomic E-state index is 0.431. The van der Waals surface area contributed by atoms with E-state index in [1.165, 1.54) is 31.8 Å². The Balaban J connectivity index is 0. The van der Waals surface area contributed by atoms with Gasteiger partial charge in [-0.05, 0) is 5.92 Å². The smallest absolute Gasteiger partial charge is 0.345 e. The van der Waals surface area contributed by atoms with Gasteiger partial charge in [0.2, 0.25) is 0 Å². The first-order chi connectivity index (χ1) is 6.99. The number of carboxylic acid groups (broad SMARTS) is 1. The van der Waals surface area contributed by atoms with Gasteiger partial charge < -0.3 is 5.11 Å². The molecule has 1 N–H and O–H groups in total. The Morgan fingerprint density at radius 1 is 1.53 bits per heavy atom. The first-order valence-corrected chi connectivity index (χ1v) is 5.14. The maximum absolute atomic E-state index is 9.61. The third-order valence-electron chi connectivity index (χ3n) is 1.94. The predicted octanol–water partition coefficient (Wildman–Crippen LogP) is 3.19. The Morgan fingerprint density at radius 3 is 2.27 bits per heavy atom. The number of carboxylic acids is 1. The van der Waals surface area contributed by atoms with Crippen LogP contribution in [0.2, 0.25) is 0 Å². The molecule has 0 heterocycles. The fourth-order valence-electron chi connectivity index (χ4n) is 0.745. The van der Waals surface area contributed by atoms with E-state index in [9.17, 15) is 4.79 Å². The SMILES string of the molecule is C=C(C#N)C(=O)O.[CH2]C(CC)CCCC. The van der Waals surface area contributed by atoms with Crippen LogP contribution in [-0.4, -0.2) is 11.1 Å². The summed E-state index contributed by atoms with van der Waals surface area (Å²) in [7, 11) is 0. The van der Waals surface area contributed by atoms with E-state index in [1.807, 2.05) is 0 Å². The van der Waals surface area contributed by atoms with Gasteiger partial charge in [-0.15, -0.1) is 0 Å². The molecule has 0 saturated heterocycles. The van der Waals surface area contributed by atoms with E-state index in [0.29, 0.717) is 5.92 Å². The molecule has 15 heavy (non-hydrogen) atoms. The van der Waals surface area contributed by atoms with Gasteiger partial charge in [-0.1, -0.05) is 53.0 Å². The molecule has 3 heteroatoms. The van der Waals surface area contributed by atoms with Crippen molar-refractivity contribution in [1.29, 1.82) is 5.26 Å². The molecule has 0 aliphatic carbocycles. The van der Waals surface area contributed by atoms with Crippen molar-refractivity contribution in [3.8, 4) is 6.07 Å². The highest BCUT2D eigenvalue weighted by molar-refractivity contribution is 5.90. The number of hydrogen-bond acceptors (Lipinski definition) is 2. The molecule has 0 rings (SSSR count). The van der Waals surface area contributed by atoms with Gasteiger partial charge in [0.25, 0.3) is 0 Å². The Kier molecular flexibility index (Phi) is 11.6. The molecule has 1 radical (unpaired) electrons. The zero-order chi connectivity index (χ0) is 12.3. The first kappa shape index (κ1) is 16.1. The van der Waals surface area contributed by atoms with Crippen molar-refractivity contribution in [2.24, 2.45) is 5.92 Å². The highest BCUT2D eigenvalue weighted by Crippen LogP contribution is 2.09. The monoisotopic (exact) mass is 210 g/mol. The molecule has 0 amide bonds. The molecular weight excluding hydrogens is 190 g/mol. The largest absolute Gasteiger partial charge is 0.477 e. The summed E-state index contributed by atoms with van der Waals surface area (Å²) in [5, 5.41) is 15.6. The molecule has 0 aromatic heterocycles. The van der Waals surface area contributed by atoms with E-state index in [1.54, 1.807) is 0 Å². The molecule has 0 aromatic rings. The lowest BCUT2D eigenvalue weighted by Gasteiger charge is -2.04. The summed E-state index contributed by atoms with van der Waals surface area (Å²) in [5.74, 6) is -0.558. The van der Waals surface area contributed by atoms with Crippen molar-refractivity contribution in [3.05, 3.63) is 19.1 Å². The van der Waals surface area contributed by atoms with E-state index in [4.69, 9.17) is 10.4 Å². The summed E-state index contributed by atoms with van der Waals surface area (Å²) in [6.07, 6.45) is 5.21. The van der Waals surface area contributed by atoms with Crippen molar-refractivity contribution in [2.45, 2.75) is 39.5 Å². The van der Waals surface area contributed by atoms with Crippen molar-refractivity contribution in [2.75, 3.05) is 0 Å². The van der Waals surface area contributed by atoms with Crippen LogP contribution < -0.4 is 0 Å². The minimum atomic E-state index is -1.26. The van der Waals surface area contributed by atoms with Crippen molar-refractivity contribution in [3.63, 3.8) is 0 Å². The van der Waals surface area contributed by atoms with Gasteiger partial charge in [0, 0.05) is 0 Å². The average Bonchev–Trinajstić information content (AvgIpc) is 2.25. The van der Waals surface area contributed by atoms with Gasteiger partial charge in [0.1, 0.15) is 11.6 Å². The van der Waals surface area contributed by atoms with Crippen LogP contribution in [0.5, 0.6) is 0 Å². The Hall–Kier alpha value is -1.30. The van der Waals surface area contributed by atoms with Crippen LogP contribution in [0, 0.1) is 24.2 Å². The lowest BCUT2D eigenvalue weighted by atomic mass is 10.0. The zero-order valence-corrected chi connectivity index (χ0v) is 9.62. The van der Waals surface area contributed by atoms with Crippen LogP contribution in [0.1, 0.15) is 39.5 Å². The van der Waals surface area contributed by atoms with E-state index < -0.39 is 11.5 Å². The number of rotatable bonds is 5. The first-order valence-electron chi connectivity index (χ1n) is 5.14. The third-order valence-corrected chi connectivity index (χ3v) is 1.94. The molecule has 0 aliphatic heterocycles. The van der Waals surface area contributed by atoms with Crippen LogP contribution in [-0.2, 0) is 4.79 Å². The summed E-state index contributed by atoms with van der Waals surface area (Å²) in [4.78, 5) is 9.61. The number of nitriles is 1. The van der Waals surface area contributed by atoms with Crippen LogP contribution in [0.25, 0.3) is 0 Å². The second kappa shape index (κ2) is 10.8. The topological polar surface area (TPSA) is 61.1 Å². The predicted molar refractivity (Wildman–Crippen MR) is 61.1 cm³/mol. The standard InChI is InChI=1S/C8H17.C4H3NO2/c1-4-6-7-8(3)5-2;1-3(2-5)4(6)7/h8H,3-7H2,1-2H3;1H2,(H,6,7). The summed E-state index contributed by atoms with van der Waals surface area (Å²) in [5.41, 5.74) is -0.431. The van der Waals surface area contributed by atoms with Crippen molar-refractivity contribution < 1.29 is 9.90 Å². The third kappa shape index (κ3) is 12.7. The highest BCUT2D eigenvalue weighted by Gasteiger charge is 1.97. The van der Waals surface area contributed by atoms with E-state index in [-0.39, 0.29) is 0 Å². The Labute approximate surface area is 92.4 Å². The van der Waals surface area contributed by atoms with Gasteiger partial charge in [-0.3, -0.25) is 0 Å². The lowest BCUT2D eigenvalue weighted by Crippen LogP contribution is -1.94. The maximum Gasteiger partial charge on any atom is 0.345 e. The quantitative estimate of drug-likeness (QED) is 0.560. The van der Waals surface area contributed by atoms with Crippen LogP contribution in [0.15, 0.2) is 12.2 Å². The number of nitrogens with zero attached hydrogens (tertiary/aromatic N) is 1. The van der Waals surface area contributed by atoms with E-state index in [0.717, 1.165) is 0 Å². The second-order valence-corrected chi connectivity index (χ2v) is 3.31. The molecule has 3 nitrogen and oxygen atoms in total. The van der Waals surface area contributed by atoms with E-state index in [2.05, 4.69) is 27.4 Å². The number of carbonyl (C=O) groups is 1. The van der Waals surface area contributed by atoms with Gasteiger partial charge >= 0.3 is 5.97 Å². The Morgan fingerprint density at radius 2 is 2.07 bits per heavy atom. The maximum atomic E-state index is 9.61. The lowest BCUT2D eigenvalue weighted by molar-refractivity contribution is -0.132. The van der Waals surface area contributed by atoms with Gasteiger partial charge in [-0.2, -0.15) is 5.26 Å². The van der Waals surface area contributed by atoms with E-state index >= 15 is 0 Å². The molecule has 0 aromatic carbocycles. The Bertz CT molecular complexity index is 228. The summed E-state index contributed by atoms with van der Waals surface area (Å²) in [6, 6.07) is 1.37. The van der Waals surface area contributed by atoms with Gasteiger partial charge in [-0.25, -0.2) is 4.79 Å². The molecule has 0 spiro atoms. The fourth-order valence-corrected chi connectivity index (χ4v) is 0.745. The van der Waals surface area contributed by atoms with Crippen molar-refractivity contribution >= 4 is 5.97 Å². The molecule has 0 fully saturated rings. The molecule has 0 aliphatic rings. The molecular formula is C12H20NO2. The normalized spacial score (nSPS) is 10.5.